The topological polar surface area (TPSA) is 65.0 Å². The third kappa shape index (κ3) is 10.5. The molecule has 0 amide bonds. The summed E-state index contributed by atoms with van der Waals surface area (Å²) in [5.41, 5.74) is 3.42. The van der Waals surface area contributed by atoms with Crippen molar-refractivity contribution in [2.75, 3.05) is 6.61 Å². The Morgan fingerprint density at radius 2 is 1.81 bits per heavy atom. The van der Waals surface area contributed by atoms with E-state index in [0.29, 0.717) is 36.2 Å². The summed E-state index contributed by atoms with van der Waals surface area (Å²) in [4.78, 5) is 11.9. The van der Waals surface area contributed by atoms with Crippen LogP contribution in [0.2, 0.25) is 39.3 Å². The summed E-state index contributed by atoms with van der Waals surface area (Å²) in [6.45, 7) is 27.1. The van der Waals surface area contributed by atoms with E-state index in [-0.39, 0.29) is 24.6 Å². The van der Waals surface area contributed by atoms with Crippen molar-refractivity contribution in [1.82, 2.24) is 0 Å². The minimum absolute atomic E-state index is 0.0535. The van der Waals surface area contributed by atoms with Crippen LogP contribution in [0.4, 0.5) is 0 Å². The first-order chi connectivity index (χ1) is 19.8. The molecule has 3 fully saturated rings. The Kier molecular flexibility index (Phi) is 12.4. The van der Waals surface area contributed by atoms with Crippen molar-refractivity contribution in [3.8, 4) is 0 Å². The van der Waals surface area contributed by atoms with Crippen molar-refractivity contribution in [3.05, 3.63) is 35.5 Å². The third-order valence-corrected chi connectivity index (χ3v) is 12.2. The number of esters is 1. The molecular weight excluding hydrogens is 569 g/mol. The summed E-state index contributed by atoms with van der Waals surface area (Å²) in [6, 6.07) is 0. The molecule has 3 aliphatic carbocycles. The van der Waals surface area contributed by atoms with Crippen molar-refractivity contribution in [3.63, 3.8) is 0 Å². The standard InChI is InChI=1S/C36H64O5Si2/c1-12-39-34(37)25-35(4,38)21-13-15-26(2)31-19-20-32-28(16-14-22-36(31,32)5)17-18-29-23-30(40-42(6,7)8)24-33(27(29)3)41-43(9,10)11/h17-18,26,30-33,38H,3,12-16,19-25H2,1-2,4-11H3/b28-17?,29-18-/t26-,30-,31-,32?,33-,35-,36-/m1/s1. The Labute approximate surface area is 266 Å². The maximum Gasteiger partial charge on any atom is 0.308 e. The molecular formula is C36H64O5Si2. The Morgan fingerprint density at radius 1 is 1.14 bits per heavy atom. The molecule has 0 bridgehead atoms. The first kappa shape index (κ1) is 36.5. The zero-order valence-corrected chi connectivity index (χ0v) is 31.3. The molecule has 43 heavy (non-hydrogen) atoms. The van der Waals surface area contributed by atoms with Gasteiger partial charge in [0.1, 0.15) is 0 Å². The molecule has 0 aromatic rings. The van der Waals surface area contributed by atoms with Gasteiger partial charge in [0.05, 0.1) is 30.8 Å². The number of carbonyl (C=O) groups is 1. The lowest BCUT2D eigenvalue weighted by molar-refractivity contribution is -0.148. The summed E-state index contributed by atoms with van der Waals surface area (Å²) in [7, 11) is -3.39. The Bertz CT molecular complexity index is 1030. The molecule has 3 saturated carbocycles. The molecule has 246 valence electrons. The summed E-state index contributed by atoms with van der Waals surface area (Å²) >= 11 is 0. The van der Waals surface area contributed by atoms with Gasteiger partial charge in [0.2, 0.25) is 0 Å². The van der Waals surface area contributed by atoms with Gasteiger partial charge in [0, 0.05) is 6.42 Å². The van der Waals surface area contributed by atoms with Gasteiger partial charge in [-0.1, -0.05) is 51.0 Å². The van der Waals surface area contributed by atoms with E-state index in [1.807, 2.05) is 0 Å². The molecule has 3 aliphatic rings. The van der Waals surface area contributed by atoms with Crippen molar-refractivity contribution >= 4 is 22.6 Å². The van der Waals surface area contributed by atoms with Crippen LogP contribution < -0.4 is 0 Å². The molecule has 3 rings (SSSR count). The summed E-state index contributed by atoms with van der Waals surface area (Å²) in [5, 5.41) is 10.8. The summed E-state index contributed by atoms with van der Waals surface area (Å²) in [5.74, 6) is 1.62. The normalized spacial score (nSPS) is 32.5. The molecule has 0 aromatic carbocycles. The average Bonchev–Trinajstić information content (AvgIpc) is 3.20. The Balaban J connectivity index is 1.70. The molecule has 0 spiro atoms. The number of fused-ring (bicyclic) bond motifs is 1. The van der Waals surface area contributed by atoms with E-state index in [9.17, 15) is 9.90 Å². The molecule has 0 aromatic heterocycles. The zero-order chi connectivity index (χ0) is 32.2. The van der Waals surface area contributed by atoms with Crippen LogP contribution in [-0.4, -0.2) is 52.1 Å². The molecule has 1 unspecified atom stereocenters. The second kappa shape index (κ2) is 14.6. The van der Waals surface area contributed by atoms with Gasteiger partial charge < -0.3 is 18.7 Å². The Hall–Kier alpha value is -0.996. The highest BCUT2D eigenvalue weighted by Gasteiger charge is 2.50. The lowest BCUT2D eigenvalue weighted by atomic mass is 9.60. The maximum atomic E-state index is 11.9. The number of allylic oxidation sites excluding steroid dienone is 3. The van der Waals surface area contributed by atoms with Crippen molar-refractivity contribution in [2.24, 2.45) is 23.2 Å². The summed E-state index contributed by atoms with van der Waals surface area (Å²) < 4.78 is 18.3. The van der Waals surface area contributed by atoms with Gasteiger partial charge in [-0.3, -0.25) is 4.79 Å². The number of carbonyl (C=O) groups excluding carboxylic acids is 1. The van der Waals surface area contributed by atoms with Crippen LogP contribution in [0.5, 0.6) is 0 Å². The van der Waals surface area contributed by atoms with Crippen molar-refractivity contribution in [1.29, 1.82) is 0 Å². The van der Waals surface area contributed by atoms with E-state index in [4.69, 9.17) is 13.6 Å². The van der Waals surface area contributed by atoms with Crippen LogP contribution in [-0.2, 0) is 18.4 Å². The average molecular weight is 633 g/mol. The second-order valence-corrected chi connectivity index (χ2v) is 25.3. The molecule has 7 heteroatoms. The van der Waals surface area contributed by atoms with Gasteiger partial charge in [-0.15, -0.1) is 0 Å². The fraction of sp³-hybridized carbons (Fsp3) is 0.806. The highest BCUT2D eigenvalue weighted by molar-refractivity contribution is 6.70. The van der Waals surface area contributed by atoms with E-state index in [2.05, 4.69) is 71.9 Å². The predicted molar refractivity (Wildman–Crippen MR) is 184 cm³/mol. The molecule has 7 atom stereocenters. The zero-order valence-electron chi connectivity index (χ0n) is 29.3. The van der Waals surface area contributed by atoms with Gasteiger partial charge in [-0.25, -0.2) is 0 Å². The predicted octanol–water partition coefficient (Wildman–Crippen LogP) is 9.36. The number of hydrogen-bond donors (Lipinski definition) is 1. The lowest BCUT2D eigenvalue weighted by Crippen LogP contribution is -2.42. The highest BCUT2D eigenvalue weighted by Crippen LogP contribution is 2.60. The van der Waals surface area contributed by atoms with Crippen LogP contribution in [0.3, 0.4) is 0 Å². The van der Waals surface area contributed by atoms with Crippen LogP contribution in [0.1, 0.15) is 98.3 Å². The monoisotopic (exact) mass is 632 g/mol. The second-order valence-electron chi connectivity index (χ2n) is 16.4. The van der Waals surface area contributed by atoms with E-state index in [0.717, 1.165) is 31.3 Å². The fourth-order valence-corrected chi connectivity index (χ4v) is 10.7. The van der Waals surface area contributed by atoms with Gasteiger partial charge >= 0.3 is 5.97 Å². The molecule has 0 radical (unpaired) electrons. The smallest absolute Gasteiger partial charge is 0.308 e. The Morgan fingerprint density at radius 3 is 2.44 bits per heavy atom. The first-order valence-electron chi connectivity index (χ1n) is 17.2. The minimum atomic E-state index is -1.72. The number of rotatable bonds is 13. The van der Waals surface area contributed by atoms with Crippen molar-refractivity contribution in [2.45, 2.75) is 155 Å². The van der Waals surface area contributed by atoms with Gasteiger partial charge in [0.15, 0.2) is 16.6 Å². The maximum absolute atomic E-state index is 11.9. The van der Waals surface area contributed by atoms with Crippen molar-refractivity contribution < 1.29 is 23.5 Å². The fourth-order valence-electron chi connectivity index (χ4n) is 8.40. The highest BCUT2D eigenvalue weighted by atomic mass is 28.4. The third-order valence-electron chi connectivity index (χ3n) is 10.2. The van der Waals surface area contributed by atoms with Crippen LogP contribution in [0, 0.1) is 23.2 Å². The quantitative estimate of drug-likeness (QED) is 0.162. The van der Waals surface area contributed by atoms with Crippen LogP contribution in [0.15, 0.2) is 35.5 Å². The molecule has 0 heterocycles. The number of aliphatic hydroxyl groups is 1. The van der Waals surface area contributed by atoms with E-state index < -0.39 is 22.2 Å². The lowest BCUT2D eigenvalue weighted by Gasteiger charge is -2.44. The molecule has 5 nitrogen and oxygen atoms in total. The van der Waals surface area contributed by atoms with Gasteiger partial charge in [0.25, 0.3) is 0 Å². The van der Waals surface area contributed by atoms with Crippen LogP contribution >= 0.6 is 0 Å². The van der Waals surface area contributed by atoms with Crippen LogP contribution in [0.25, 0.3) is 0 Å². The largest absolute Gasteiger partial charge is 0.466 e. The van der Waals surface area contributed by atoms with E-state index in [1.54, 1.807) is 19.4 Å². The first-order valence-corrected chi connectivity index (χ1v) is 24.0. The summed E-state index contributed by atoms with van der Waals surface area (Å²) in [6.07, 6.45) is 16.0. The number of hydrogen-bond acceptors (Lipinski definition) is 5. The van der Waals surface area contributed by atoms with Gasteiger partial charge in [-0.2, -0.15) is 0 Å². The molecule has 1 N–H and O–H groups in total. The van der Waals surface area contributed by atoms with E-state index >= 15 is 0 Å². The van der Waals surface area contributed by atoms with Gasteiger partial charge in [-0.05, 0) is 132 Å². The SMILES string of the molecule is C=C1/C(=C\C=C2CCC[C@@]3(C)C2CC[C@@H]3[C@H](C)CCC[C@@](C)(O)CC(=O)OCC)C[C@@H](O[Si](C)(C)C)C[C@H]1O[Si](C)(C)C. The van der Waals surface area contributed by atoms with E-state index in [1.165, 1.54) is 37.7 Å². The molecule has 0 saturated heterocycles. The minimum Gasteiger partial charge on any atom is -0.466 e. The molecule has 0 aliphatic heterocycles. The number of ether oxygens (including phenoxy) is 1.